The van der Waals surface area contributed by atoms with Crippen molar-refractivity contribution in [1.82, 2.24) is 19.5 Å². The molecule has 0 aliphatic carbocycles. The van der Waals surface area contributed by atoms with Gasteiger partial charge in [-0.1, -0.05) is 0 Å². The van der Waals surface area contributed by atoms with Crippen molar-refractivity contribution in [2.75, 3.05) is 7.05 Å². The van der Waals surface area contributed by atoms with Crippen LogP contribution in [-0.4, -0.2) is 32.9 Å². The monoisotopic (exact) mass is 365 g/mol. The topological polar surface area (TPSA) is 86.7 Å². The molecule has 0 aliphatic heterocycles. The number of nitrogens with two attached hydrogens (primary N) is 1. The molecule has 0 aromatic carbocycles. The first kappa shape index (κ1) is 17.9. The van der Waals surface area contributed by atoms with Gasteiger partial charge in [-0.3, -0.25) is 9.78 Å². The molecule has 0 saturated carbocycles. The molecule has 0 spiro atoms. The fourth-order valence-electron chi connectivity index (χ4n) is 2.80. The zero-order valence-electron chi connectivity index (χ0n) is 14.8. The number of fused-ring (bicyclic) bond motifs is 1. The Labute approximate surface area is 155 Å². The van der Waals surface area contributed by atoms with Crippen LogP contribution in [0.2, 0.25) is 0 Å². The molecule has 0 amide bonds. The smallest absolute Gasteiger partial charge is 0.170 e. The standard InChI is InChI=1S/C18H14N4OS.CH5N/c1-11-17(24-18(20-11)13-4-3-6-19-9-13)14-8-12-5-7-22(2)16(12)15(10-23)21-14;1-2/h3-10H,1-2H3;2H2,1H3. The van der Waals surface area contributed by atoms with Crippen molar-refractivity contribution in [3.8, 4) is 21.1 Å². The van der Waals surface area contributed by atoms with Crippen LogP contribution in [0, 0.1) is 6.92 Å². The lowest BCUT2D eigenvalue weighted by Gasteiger charge is -2.03. The molecule has 0 fully saturated rings. The number of carbonyl (C=O) groups is 1. The average molecular weight is 365 g/mol. The van der Waals surface area contributed by atoms with Crippen molar-refractivity contribution in [3.63, 3.8) is 0 Å². The van der Waals surface area contributed by atoms with E-state index in [9.17, 15) is 4.79 Å². The highest BCUT2D eigenvalue weighted by Gasteiger charge is 2.16. The predicted octanol–water partition coefficient (Wildman–Crippen LogP) is 3.45. The summed E-state index contributed by atoms with van der Waals surface area (Å²) in [6, 6.07) is 7.88. The molecule has 0 saturated heterocycles. The van der Waals surface area contributed by atoms with Gasteiger partial charge < -0.3 is 10.3 Å². The highest BCUT2D eigenvalue weighted by atomic mass is 32.1. The highest BCUT2D eigenvalue weighted by Crippen LogP contribution is 2.35. The molecule has 132 valence electrons. The molecule has 4 aromatic rings. The zero-order valence-corrected chi connectivity index (χ0v) is 15.6. The Balaban J connectivity index is 0.000000948. The molecule has 2 N–H and O–H groups in total. The van der Waals surface area contributed by atoms with Crippen molar-refractivity contribution in [2.45, 2.75) is 6.92 Å². The first-order chi connectivity index (χ1) is 12.7. The lowest BCUT2D eigenvalue weighted by molar-refractivity contribution is 0.112. The molecule has 0 unspecified atom stereocenters. The van der Waals surface area contributed by atoms with E-state index in [0.717, 1.165) is 44.0 Å². The van der Waals surface area contributed by atoms with Crippen LogP contribution in [0.25, 0.3) is 32.0 Å². The SMILES string of the molecule is CN.Cc1nc(-c2cccnc2)sc1-c1cc2ccn(C)c2c(C=O)n1. The Bertz CT molecular complexity index is 1050. The number of aldehydes is 1. The Morgan fingerprint density at radius 3 is 2.73 bits per heavy atom. The summed E-state index contributed by atoms with van der Waals surface area (Å²) in [5.74, 6) is 0. The third-order valence-electron chi connectivity index (χ3n) is 3.93. The number of carbonyl (C=O) groups excluding carboxylic acids is 1. The van der Waals surface area contributed by atoms with Crippen LogP contribution < -0.4 is 5.73 Å². The van der Waals surface area contributed by atoms with Crippen molar-refractivity contribution in [2.24, 2.45) is 12.8 Å². The number of hydrogen-bond donors (Lipinski definition) is 1. The minimum Gasteiger partial charge on any atom is -0.349 e. The fraction of sp³-hybridized carbons (Fsp3) is 0.158. The van der Waals surface area contributed by atoms with E-state index in [1.807, 2.05) is 49.0 Å². The molecule has 4 rings (SSSR count). The number of aromatic nitrogens is 4. The summed E-state index contributed by atoms with van der Waals surface area (Å²) in [4.78, 5) is 25.8. The molecule has 7 heteroatoms. The van der Waals surface area contributed by atoms with E-state index >= 15 is 0 Å². The number of thiazole rings is 1. The largest absolute Gasteiger partial charge is 0.349 e. The summed E-state index contributed by atoms with van der Waals surface area (Å²) in [6.07, 6.45) is 6.28. The Kier molecular flexibility index (Phi) is 5.20. The molecule has 4 heterocycles. The van der Waals surface area contributed by atoms with E-state index in [1.165, 1.54) is 7.05 Å². The summed E-state index contributed by atoms with van der Waals surface area (Å²) in [7, 11) is 3.41. The lowest BCUT2D eigenvalue weighted by Crippen LogP contribution is -1.96. The second-order valence-corrected chi connectivity index (χ2v) is 6.55. The number of hydrogen-bond acceptors (Lipinski definition) is 6. The maximum atomic E-state index is 11.5. The van der Waals surface area contributed by atoms with Gasteiger partial charge in [0.2, 0.25) is 0 Å². The number of nitrogens with zero attached hydrogens (tertiary/aromatic N) is 4. The van der Waals surface area contributed by atoms with E-state index in [2.05, 4.69) is 20.7 Å². The zero-order chi connectivity index (χ0) is 18.7. The van der Waals surface area contributed by atoms with Crippen LogP contribution in [0.4, 0.5) is 0 Å². The maximum absolute atomic E-state index is 11.5. The van der Waals surface area contributed by atoms with E-state index < -0.39 is 0 Å². The second kappa shape index (κ2) is 7.55. The number of rotatable bonds is 3. The maximum Gasteiger partial charge on any atom is 0.170 e. The van der Waals surface area contributed by atoms with Gasteiger partial charge >= 0.3 is 0 Å². The summed E-state index contributed by atoms with van der Waals surface area (Å²) in [5.41, 5.74) is 8.46. The third-order valence-corrected chi connectivity index (χ3v) is 5.16. The van der Waals surface area contributed by atoms with Gasteiger partial charge in [0.15, 0.2) is 6.29 Å². The number of aryl methyl sites for hydroxylation is 2. The van der Waals surface area contributed by atoms with Gasteiger partial charge in [0.05, 0.1) is 21.8 Å². The summed E-state index contributed by atoms with van der Waals surface area (Å²) >= 11 is 1.56. The molecule has 4 aromatic heterocycles. The predicted molar refractivity (Wildman–Crippen MR) is 105 cm³/mol. The van der Waals surface area contributed by atoms with Gasteiger partial charge in [-0.2, -0.15) is 0 Å². The average Bonchev–Trinajstić information content (AvgIpc) is 3.26. The van der Waals surface area contributed by atoms with Gasteiger partial charge in [0.1, 0.15) is 10.7 Å². The van der Waals surface area contributed by atoms with Crippen LogP contribution in [0.15, 0.2) is 42.9 Å². The first-order valence-electron chi connectivity index (χ1n) is 8.04. The van der Waals surface area contributed by atoms with E-state index in [0.29, 0.717) is 5.69 Å². The molecule has 6 nitrogen and oxygen atoms in total. The van der Waals surface area contributed by atoms with E-state index in [-0.39, 0.29) is 0 Å². The summed E-state index contributed by atoms with van der Waals surface area (Å²) < 4.78 is 1.91. The van der Waals surface area contributed by atoms with E-state index in [4.69, 9.17) is 0 Å². The Hall–Kier alpha value is -2.90. The molecule has 26 heavy (non-hydrogen) atoms. The van der Waals surface area contributed by atoms with Crippen LogP contribution in [0.5, 0.6) is 0 Å². The second-order valence-electron chi connectivity index (χ2n) is 5.55. The van der Waals surface area contributed by atoms with Gasteiger partial charge in [0, 0.05) is 36.6 Å². The lowest BCUT2D eigenvalue weighted by atomic mass is 10.2. The normalized spacial score (nSPS) is 10.5. The van der Waals surface area contributed by atoms with Crippen molar-refractivity contribution < 1.29 is 4.79 Å². The molecule has 0 aliphatic rings. The van der Waals surface area contributed by atoms with Crippen LogP contribution in [-0.2, 0) is 7.05 Å². The molecular formula is C19H19N5OS. The van der Waals surface area contributed by atoms with Gasteiger partial charge in [0.25, 0.3) is 0 Å². The molecule has 0 atom stereocenters. The molecule has 0 radical (unpaired) electrons. The summed E-state index contributed by atoms with van der Waals surface area (Å²) in [5, 5.41) is 1.90. The molecular weight excluding hydrogens is 346 g/mol. The van der Waals surface area contributed by atoms with Gasteiger partial charge in [-0.25, -0.2) is 9.97 Å². The van der Waals surface area contributed by atoms with Crippen molar-refractivity contribution >= 4 is 28.5 Å². The first-order valence-corrected chi connectivity index (χ1v) is 8.86. The fourth-order valence-corrected chi connectivity index (χ4v) is 3.82. The Morgan fingerprint density at radius 2 is 2.04 bits per heavy atom. The van der Waals surface area contributed by atoms with Crippen molar-refractivity contribution in [3.05, 3.63) is 54.2 Å². The Morgan fingerprint density at radius 1 is 1.23 bits per heavy atom. The van der Waals surface area contributed by atoms with E-state index in [1.54, 1.807) is 23.7 Å². The molecule has 0 bridgehead atoms. The van der Waals surface area contributed by atoms with Gasteiger partial charge in [-0.05, 0) is 38.2 Å². The minimum absolute atomic E-state index is 0.450. The minimum atomic E-state index is 0.450. The van der Waals surface area contributed by atoms with Crippen LogP contribution in [0.1, 0.15) is 16.2 Å². The third kappa shape index (κ3) is 3.14. The highest BCUT2D eigenvalue weighted by molar-refractivity contribution is 7.18. The van der Waals surface area contributed by atoms with Crippen molar-refractivity contribution in [1.29, 1.82) is 0 Å². The quantitative estimate of drug-likeness (QED) is 0.562. The summed E-state index contributed by atoms with van der Waals surface area (Å²) in [6.45, 7) is 1.96. The van der Waals surface area contributed by atoms with Gasteiger partial charge in [-0.15, -0.1) is 11.3 Å². The number of pyridine rings is 2. The van der Waals surface area contributed by atoms with Crippen LogP contribution in [0.3, 0.4) is 0 Å². The van der Waals surface area contributed by atoms with Crippen LogP contribution >= 0.6 is 11.3 Å².